The molecule has 1 aliphatic rings. The molecule has 0 bridgehead atoms. The number of aromatic nitrogens is 2. The van der Waals surface area contributed by atoms with Crippen LogP contribution in [0.3, 0.4) is 0 Å². The molecule has 39 heavy (non-hydrogen) atoms. The number of rotatable bonds is 11. The monoisotopic (exact) mass is 547 g/mol. The van der Waals surface area contributed by atoms with Crippen LogP contribution >= 0.6 is 11.3 Å². The number of hydrogen-bond donors (Lipinski definition) is 2. The molecule has 8 nitrogen and oxygen atoms in total. The van der Waals surface area contributed by atoms with E-state index in [0.29, 0.717) is 25.3 Å². The first-order valence-corrected chi connectivity index (χ1v) is 14.8. The maximum atomic E-state index is 12.7. The minimum atomic E-state index is -0.387. The number of ether oxygens (including phenoxy) is 1. The van der Waals surface area contributed by atoms with Crippen LogP contribution in [0.15, 0.2) is 48.7 Å². The third kappa shape index (κ3) is 6.96. The number of piperidine rings is 1. The number of unbranched alkanes of at least 4 members (excludes halogenated alkanes) is 1. The van der Waals surface area contributed by atoms with Gasteiger partial charge in [0.05, 0.1) is 22.5 Å². The van der Waals surface area contributed by atoms with E-state index in [0.717, 1.165) is 57.8 Å². The quantitative estimate of drug-likeness (QED) is 0.230. The average Bonchev–Trinajstić information content (AvgIpc) is 3.53. The lowest BCUT2D eigenvalue weighted by Crippen LogP contribution is -2.33. The van der Waals surface area contributed by atoms with Crippen LogP contribution in [-0.2, 0) is 11.3 Å². The Morgan fingerprint density at radius 3 is 2.64 bits per heavy atom. The van der Waals surface area contributed by atoms with Gasteiger partial charge >= 0.3 is 6.09 Å². The highest BCUT2D eigenvalue weighted by Crippen LogP contribution is 2.30. The number of fused-ring (bicyclic) bond motifs is 3. The lowest BCUT2D eigenvalue weighted by Gasteiger charge is -2.26. The average molecular weight is 548 g/mol. The summed E-state index contributed by atoms with van der Waals surface area (Å²) < 4.78 is 8.25. The molecule has 1 aliphatic heterocycles. The smallest absolute Gasteiger partial charge is 0.407 e. The summed E-state index contributed by atoms with van der Waals surface area (Å²) in [5.74, 6) is -0.0222. The number of carbonyl (C=O) groups is 2. The molecule has 0 unspecified atom stereocenters. The molecule has 2 aromatic carbocycles. The molecule has 1 saturated heterocycles. The number of nitrogens with one attached hydrogen (secondary N) is 2. The first-order chi connectivity index (χ1) is 19.1. The van der Waals surface area contributed by atoms with Gasteiger partial charge in [-0.25, -0.2) is 9.78 Å². The topological polar surface area (TPSA) is 88.0 Å². The molecular formula is C30H37N5O3S. The van der Waals surface area contributed by atoms with Crippen molar-refractivity contribution in [2.45, 2.75) is 52.0 Å². The van der Waals surface area contributed by atoms with Gasteiger partial charge < -0.3 is 20.3 Å². The molecule has 0 radical (unpaired) electrons. The minimum Gasteiger partial charge on any atom is -0.450 e. The number of nitrogens with zero attached hydrogens (tertiary/aromatic N) is 3. The highest BCUT2D eigenvalue weighted by atomic mass is 32.1. The first-order valence-electron chi connectivity index (χ1n) is 14.0. The van der Waals surface area contributed by atoms with Crippen LogP contribution in [0.5, 0.6) is 0 Å². The number of thiazole rings is 1. The number of amides is 2. The summed E-state index contributed by atoms with van der Waals surface area (Å²) in [7, 11) is 0. The summed E-state index contributed by atoms with van der Waals surface area (Å²) in [6, 6.07) is 13.9. The minimum absolute atomic E-state index is 0.0222. The summed E-state index contributed by atoms with van der Waals surface area (Å²) >= 11 is 1.58. The van der Waals surface area contributed by atoms with E-state index >= 15 is 0 Å². The standard InChI is InChI=1S/C30H37N5O3S/c1-2-3-18-38-30(37)32-20-22-8-10-23(11-9-22)25-21-35-26-13-12-24(19-27(26)39-29(35)33-25)28(36)31-14-7-17-34-15-5-4-6-16-34/h8-13,19,21H,2-7,14-18,20H2,1H3,(H,31,36)(H,32,37). The van der Waals surface area contributed by atoms with E-state index in [1.807, 2.05) is 48.7 Å². The van der Waals surface area contributed by atoms with Crippen LogP contribution in [-0.4, -0.2) is 59.1 Å². The van der Waals surface area contributed by atoms with E-state index < -0.39 is 0 Å². The third-order valence-corrected chi connectivity index (χ3v) is 8.18. The molecule has 9 heteroatoms. The molecule has 3 heterocycles. The number of imidazole rings is 1. The molecule has 0 aliphatic carbocycles. The van der Waals surface area contributed by atoms with Crippen molar-refractivity contribution in [1.29, 1.82) is 0 Å². The van der Waals surface area contributed by atoms with Crippen molar-refractivity contribution < 1.29 is 14.3 Å². The van der Waals surface area contributed by atoms with Crippen molar-refractivity contribution in [1.82, 2.24) is 24.9 Å². The fraction of sp³-hybridized carbons (Fsp3) is 0.433. The lowest BCUT2D eigenvalue weighted by atomic mass is 10.1. The maximum absolute atomic E-state index is 12.7. The van der Waals surface area contributed by atoms with Crippen molar-refractivity contribution in [3.63, 3.8) is 0 Å². The summed E-state index contributed by atoms with van der Waals surface area (Å²) in [4.78, 5) is 32.7. The SMILES string of the molecule is CCCCOC(=O)NCc1ccc(-c2cn3c(n2)sc2cc(C(=O)NCCCN4CCCCC4)ccc23)cc1. The van der Waals surface area contributed by atoms with Gasteiger partial charge in [-0.3, -0.25) is 9.20 Å². The number of likely N-dealkylation sites (tertiary alicyclic amines) is 1. The van der Waals surface area contributed by atoms with Crippen molar-refractivity contribution >= 4 is 38.5 Å². The van der Waals surface area contributed by atoms with Crippen molar-refractivity contribution in [2.24, 2.45) is 0 Å². The van der Waals surface area contributed by atoms with E-state index in [9.17, 15) is 9.59 Å². The lowest BCUT2D eigenvalue weighted by molar-refractivity contribution is 0.0951. The van der Waals surface area contributed by atoms with Crippen LogP contribution in [0.2, 0.25) is 0 Å². The zero-order chi connectivity index (χ0) is 27.0. The Morgan fingerprint density at radius 1 is 1.03 bits per heavy atom. The van der Waals surface area contributed by atoms with Crippen LogP contribution in [0.4, 0.5) is 4.79 Å². The fourth-order valence-corrected chi connectivity index (χ4v) is 5.95. The summed E-state index contributed by atoms with van der Waals surface area (Å²) in [5.41, 5.74) is 4.61. The highest BCUT2D eigenvalue weighted by molar-refractivity contribution is 7.23. The first kappa shape index (κ1) is 27.1. The Balaban J connectivity index is 1.17. The fourth-order valence-electron chi connectivity index (χ4n) is 4.90. The Hall–Kier alpha value is -3.43. The highest BCUT2D eigenvalue weighted by Gasteiger charge is 2.14. The molecule has 0 saturated carbocycles. The molecule has 0 spiro atoms. The second kappa shape index (κ2) is 13.1. The number of benzene rings is 2. The van der Waals surface area contributed by atoms with Crippen molar-refractivity contribution in [2.75, 3.05) is 32.8 Å². The number of hydrogen-bond acceptors (Lipinski definition) is 6. The van der Waals surface area contributed by atoms with E-state index in [-0.39, 0.29) is 12.0 Å². The van der Waals surface area contributed by atoms with Crippen molar-refractivity contribution in [3.8, 4) is 11.3 Å². The summed E-state index contributed by atoms with van der Waals surface area (Å²) in [6.07, 6.45) is 8.42. The number of alkyl carbamates (subject to hydrolysis) is 1. The van der Waals surface area contributed by atoms with Crippen LogP contribution < -0.4 is 10.6 Å². The van der Waals surface area contributed by atoms with E-state index in [1.54, 1.807) is 11.3 Å². The van der Waals surface area contributed by atoms with Crippen molar-refractivity contribution in [3.05, 3.63) is 59.8 Å². The molecule has 1 fully saturated rings. The van der Waals surface area contributed by atoms with E-state index in [2.05, 4.69) is 26.9 Å². The second-order valence-corrected chi connectivity index (χ2v) is 11.1. The maximum Gasteiger partial charge on any atom is 0.407 e. The van der Waals surface area contributed by atoms with E-state index in [1.165, 1.54) is 32.4 Å². The summed E-state index contributed by atoms with van der Waals surface area (Å²) in [6.45, 7) is 7.05. The molecule has 2 aromatic heterocycles. The van der Waals surface area contributed by atoms with Gasteiger partial charge in [0.2, 0.25) is 0 Å². The predicted molar refractivity (Wildman–Crippen MR) is 156 cm³/mol. The van der Waals surface area contributed by atoms with Gasteiger partial charge in [-0.1, -0.05) is 55.4 Å². The number of carbonyl (C=O) groups excluding carboxylic acids is 2. The third-order valence-electron chi connectivity index (χ3n) is 7.16. The van der Waals surface area contributed by atoms with E-state index in [4.69, 9.17) is 9.72 Å². The molecule has 5 rings (SSSR count). The Morgan fingerprint density at radius 2 is 1.85 bits per heavy atom. The zero-order valence-electron chi connectivity index (χ0n) is 22.6. The molecule has 2 N–H and O–H groups in total. The van der Waals surface area contributed by atoms with Gasteiger partial charge in [0, 0.05) is 30.4 Å². The Bertz CT molecular complexity index is 1410. The largest absolute Gasteiger partial charge is 0.450 e. The van der Waals surface area contributed by atoms with Gasteiger partial charge in [-0.05, 0) is 69.1 Å². The molecule has 2 amide bonds. The summed E-state index contributed by atoms with van der Waals surface area (Å²) in [5, 5.41) is 5.86. The van der Waals surface area contributed by atoms with Gasteiger partial charge in [0.25, 0.3) is 5.91 Å². The van der Waals surface area contributed by atoms with Gasteiger partial charge in [-0.2, -0.15) is 0 Å². The Kier molecular flexibility index (Phi) is 9.11. The Labute approximate surface area is 233 Å². The van der Waals surface area contributed by atoms with Gasteiger partial charge in [0.1, 0.15) is 0 Å². The normalized spacial score (nSPS) is 14.1. The second-order valence-electron chi connectivity index (χ2n) is 10.1. The van der Waals surface area contributed by atoms with Gasteiger partial charge in [-0.15, -0.1) is 0 Å². The molecular weight excluding hydrogens is 510 g/mol. The molecule has 206 valence electrons. The molecule has 0 atom stereocenters. The van der Waals surface area contributed by atoms with Crippen LogP contribution in [0, 0.1) is 0 Å². The molecule has 4 aromatic rings. The zero-order valence-corrected chi connectivity index (χ0v) is 23.4. The van der Waals surface area contributed by atoms with Crippen LogP contribution in [0.25, 0.3) is 26.4 Å². The van der Waals surface area contributed by atoms with Crippen LogP contribution in [0.1, 0.15) is 61.4 Å². The van der Waals surface area contributed by atoms with Gasteiger partial charge in [0.15, 0.2) is 4.96 Å². The predicted octanol–water partition coefficient (Wildman–Crippen LogP) is 5.85.